The van der Waals surface area contributed by atoms with E-state index >= 15 is 0 Å². The summed E-state index contributed by atoms with van der Waals surface area (Å²) in [5, 5.41) is 7.11. The Kier molecular flexibility index (Phi) is 7.38. The Morgan fingerprint density at radius 3 is 2.46 bits per heavy atom. The molecule has 26 heavy (non-hydrogen) atoms. The molecule has 0 saturated carbocycles. The fourth-order valence-corrected chi connectivity index (χ4v) is 3.12. The van der Waals surface area contributed by atoms with Crippen LogP contribution >= 0.6 is 12.2 Å². The molecule has 1 N–H and O–H groups in total. The van der Waals surface area contributed by atoms with Crippen LogP contribution in [0.3, 0.4) is 0 Å². The van der Waals surface area contributed by atoms with Gasteiger partial charge in [-0.2, -0.15) is 5.10 Å². The number of likely N-dealkylation sites (N-methyl/N-ethyl adjacent to an activating group) is 1. The van der Waals surface area contributed by atoms with E-state index in [1.54, 1.807) is 11.7 Å². The lowest BCUT2D eigenvalue weighted by atomic mass is 10.0. The van der Waals surface area contributed by atoms with Crippen molar-refractivity contribution in [2.75, 3.05) is 20.2 Å². The van der Waals surface area contributed by atoms with Crippen molar-refractivity contribution in [3.63, 3.8) is 0 Å². The van der Waals surface area contributed by atoms with Gasteiger partial charge < -0.3 is 9.64 Å². The van der Waals surface area contributed by atoms with E-state index in [0.717, 1.165) is 30.7 Å². The molecule has 0 aliphatic rings. The fraction of sp³-hybridized carbons (Fsp3) is 0.526. The van der Waals surface area contributed by atoms with Gasteiger partial charge in [-0.3, -0.25) is 14.5 Å². The topological polar surface area (TPSA) is 63.1 Å². The normalized spacial score (nSPS) is 11.0. The standard InChI is InChI=1S/C19H28N4O2S/c1-5-14(6-2)12-22(7-3)17(24)13-23-18(20-21-19(23)26)15-8-10-16(25-4)11-9-15/h8-11,14H,5-7,12-13H2,1-4H3,(H,21,26). The number of methoxy groups -OCH3 is 1. The van der Waals surface area contributed by atoms with Crippen LogP contribution in [0.15, 0.2) is 24.3 Å². The van der Waals surface area contributed by atoms with Crippen molar-refractivity contribution < 1.29 is 9.53 Å². The summed E-state index contributed by atoms with van der Waals surface area (Å²) in [6.45, 7) is 8.01. The highest BCUT2D eigenvalue weighted by Gasteiger charge is 2.19. The Hall–Kier alpha value is -2.15. The van der Waals surface area contributed by atoms with Crippen LogP contribution in [0.2, 0.25) is 0 Å². The molecule has 1 amide bonds. The minimum Gasteiger partial charge on any atom is -0.497 e. The summed E-state index contributed by atoms with van der Waals surface area (Å²) in [6, 6.07) is 7.55. The predicted molar refractivity (Wildman–Crippen MR) is 106 cm³/mol. The third-order valence-corrected chi connectivity index (χ3v) is 5.08. The molecule has 1 aromatic heterocycles. The van der Waals surface area contributed by atoms with Crippen molar-refractivity contribution >= 4 is 18.1 Å². The van der Waals surface area contributed by atoms with E-state index in [2.05, 4.69) is 24.0 Å². The third kappa shape index (κ3) is 4.72. The largest absolute Gasteiger partial charge is 0.497 e. The van der Waals surface area contributed by atoms with Gasteiger partial charge in [0.25, 0.3) is 0 Å². The van der Waals surface area contributed by atoms with E-state index < -0.39 is 0 Å². The van der Waals surface area contributed by atoms with Crippen LogP contribution in [-0.4, -0.2) is 45.8 Å². The van der Waals surface area contributed by atoms with E-state index in [4.69, 9.17) is 17.0 Å². The number of ether oxygens (including phenoxy) is 1. The molecule has 0 bridgehead atoms. The molecule has 0 unspecified atom stereocenters. The Morgan fingerprint density at radius 1 is 1.27 bits per heavy atom. The van der Waals surface area contributed by atoms with Gasteiger partial charge in [-0.25, -0.2) is 0 Å². The minimum atomic E-state index is 0.0617. The Balaban J connectivity index is 2.21. The number of hydrogen-bond acceptors (Lipinski definition) is 4. The van der Waals surface area contributed by atoms with E-state index in [1.807, 2.05) is 36.1 Å². The van der Waals surface area contributed by atoms with Crippen molar-refractivity contribution in [3.05, 3.63) is 29.0 Å². The second kappa shape index (κ2) is 9.52. The average molecular weight is 377 g/mol. The van der Waals surface area contributed by atoms with E-state index in [0.29, 0.717) is 23.1 Å². The number of benzene rings is 1. The first-order valence-corrected chi connectivity index (χ1v) is 9.52. The molecule has 2 aromatic rings. The summed E-state index contributed by atoms with van der Waals surface area (Å²) in [5.41, 5.74) is 0.883. The predicted octanol–water partition coefficient (Wildman–Crippen LogP) is 3.90. The van der Waals surface area contributed by atoms with Gasteiger partial charge in [-0.05, 0) is 49.3 Å². The van der Waals surface area contributed by atoms with Crippen LogP contribution in [-0.2, 0) is 11.3 Å². The summed E-state index contributed by atoms with van der Waals surface area (Å²) < 4.78 is 7.40. The van der Waals surface area contributed by atoms with Crippen molar-refractivity contribution in [1.82, 2.24) is 19.7 Å². The molecule has 1 aromatic carbocycles. The number of H-pyrrole nitrogens is 1. The van der Waals surface area contributed by atoms with E-state index in [-0.39, 0.29) is 12.5 Å². The van der Waals surface area contributed by atoms with Gasteiger partial charge in [0.05, 0.1) is 7.11 Å². The Bertz CT molecular complexity index is 763. The van der Waals surface area contributed by atoms with Crippen LogP contribution < -0.4 is 4.74 Å². The molecule has 0 fully saturated rings. The zero-order valence-electron chi connectivity index (χ0n) is 16.0. The Labute approximate surface area is 160 Å². The van der Waals surface area contributed by atoms with Crippen LogP contribution in [0.4, 0.5) is 0 Å². The molecule has 6 nitrogen and oxygen atoms in total. The molecular formula is C19H28N4O2S. The first-order valence-electron chi connectivity index (χ1n) is 9.11. The van der Waals surface area contributed by atoms with Gasteiger partial charge in [0, 0.05) is 18.7 Å². The van der Waals surface area contributed by atoms with Gasteiger partial charge in [0.1, 0.15) is 12.3 Å². The molecular weight excluding hydrogens is 348 g/mol. The number of carbonyl (C=O) groups is 1. The van der Waals surface area contributed by atoms with Crippen molar-refractivity contribution in [1.29, 1.82) is 0 Å². The van der Waals surface area contributed by atoms with Gasteiger partial charge in [-0.15, -0.1) is 0 Å². The van der Waals surface area contributed by atoms with Crippen molar-refractivity contribution in [2.45, 2.75) is 40.2 Å². The number of amides is 1. The maximum atomic E-state index is 12.8. The number of aromatic nitrogens is 3. The Morgan fingerprint density at radius 2 is 1.92 bits per heavy atom. The van der Waals surface area contributed by atoms with Crippen LogP contribution in [0.5, 0.6) is 5.75 Å². The molecule has 0 saturated heterocycles. The molecule has 7 heteroatoms. The number of rotatable bonds is 9. The second-order valence-electron chi connectivity index (χ2n) is 6.28. The van der Waals surface area contributed by atoms with Crippen molar-refractivity contribution in [3.8, 4) is 17.1 Å². The third-order valence-electron chi connectivity index (χ3n) is 4.77. The summed E-state index contributed by atoms with van der Waals surface area (Å²) in [5.74, 6) is 2.02. The molecule has 2 rings (SSSR count). The van der Waals surface area contributed by atoms with Crippen LogP contribution in [0, 0.1) is 10.7 Å². The summed E-state index contributed by atoms with van der Waals surface area (Å²) in [6.07, 6.45) is 2.14. The SMILES string of the molecule is CCC(CC)CN(CC)C(=O)Cn1c(-c2ccc(OC)cc2)n[nH]c1=S. The number of hydrogen-bond donors (Lipinski definition) is 1. The summed E-state index contributed by atoms with van der Waals surface area (Å²) in [4.78, 5) is 14.7. The zero-order valence-corrected chi connectivity index (χ0v) is 16.8. The quantitative estimate of drug-likeness (QED) is 0.674. The number of nitrogens with one attached hydrogen (secondary N) is 1. The van der Waals surface area contributed by atoms with Gasteiger partial charge in [-0.1, -0.05) is 26.7 Å². The monoisotopic (exact) mass is 376 g/mol. The number of carbonyl (C=O) groups excluding carboxylic acids is 1. The number of nitrogens with zero attached hydrogens (tertiary/aromatic N) is 3. The first kappa shape index (κ1) is 20.2. The first-order chi connectivity index (χ1) is 12.5. The summed E-state index contributed by atoms with van der Waals surface area (Å²) >= 11 is 5.35. The van der Waals surface area contributed by atoms with Gasteiger partial charge in [0.15, 0.2) is 10.6 Å². The highest BCUT2D eigenvalue weighted by atomic mass is 32.1. The molecule has 142 valence electrons. The van der Waals surface area contributed by atoms with Gasteiger partial charge >= 0.3 is 0 Å². The highest BCUT2D eigenvalue weighted by molar-refractivity contribution is 7.71. The maximum Gasteiger partial charge on any atom is 0.242 e. The zero-order chi connectivity index (χ0) is 19.1. The summed E-state index contributed by atoms with van der Waals surface area (Å²) in [7, 11) is 1.63. The molecule has 0 spiro atoms. The van der Waals surface area contributed by atoms with E-state index in [1.165, 1.54) is 0 Å². The lowest BCUT2D eigenvalue weighted by Gasteiger charge is -2.25. The minimum absolute atomic E-state index is 0.0617. The average Bonchev–Trinajstić information content (AvgIpc) is 3.03. The molecule has 0 atom stereocenters. The molecule has 0 aliphatic carbocycles. The fourth-order valence-electron chi connectivity index (χ4n) is 2.93. The lowest BCUT2D eigenvalue weighted by Crippen LogP contribution is -2.37. The smallest absolute Gasteiger partial charge is 0.242 e. The lowest BCUT2D eigenvalue weighted by molar-refractivity contribution is -0.132. The number of aromatic amines is 1. The molecule has 0 radical (unpaired) electrons. The van der Waals surface area contributed by atoms with E-state index in [9.17, 15) is 4.79 Å². The van der Waals surface area contributed by atoms with Crippen LogP contribution in [0.25, 0.3) is 11.4 Å². The second-order valence-corrected chi connectivity index (χ2v) is 6.67. The highest BCUT2D eigenvalue weighted by Crippen LogP contribution is 2.21. The molecule has 0 aliphatic heterocycles. The van der Waals surface area contributed by atoms with Gasteiger partial charge in [0.2, 0.25) is 5.91 Å². The van der Waals surface area contributed by atoms with Crippen molar-refractivity contribution in [2.24, 2.45) is 5.92 Å². The maximum absolute atomic E-state index is 12.8. The molecule has 1 heterocycles. The van der Waals surface area contributed by atoms with Crippen LogP contribution in [0.1, 0.15) is 33.6 Å².